The van der Waals surface area contributed by atoms with E-state index in [4.69, 9.17) is 0 Å². The minimum absolute atomic E-state index is 0.291. The highest BCUT2D eigenvalue weighted by molar-refractivity contribution is 7.10. The minimum Gasteiger partial charge on any atom is -0.342 e. The molecular formula is C16H26N2OS. The van der Waals surface area contributed by atoms with E-state index in [-0.39, 0.29) is 0 Å². The fraction of sp³-hybridized carbons (Fsp3) is 0.688. The second-order valence-corrected chi connectivity index (χ2v) is 6.58. The van der Waals surface area contributed by atoms with Gasteiger partial charge in [-0.05, 0) is 43.2 Å². The molecule has 2 heterocycles. The molecule has 1 unspecified atom stereocenters. The zero-order valence-electron chi connectivity index (χ0n) is 12.9. The minimum atomic E-state index is 0.291. The first-order chi connectivity index (χ1) is 9.67. The molecule has 0 radical (unpaired) electrons. The molecule has 3 nitrogen and oxygen atoms in total. The number of rotatable bonds is 6. The van der Waals surface area contributed by atoms with Crippen LogP contribution in [0.25, 0.3) is 0 Å². The third-order valence-electron chi connectivity index (χ3n) is 4.08. The van der Waals surface area contributed by atoms with Gasteiger partial charge in [-0.25, -0.2) is 0 Å². The van der Waals surface area contributed by atoms with Crippen molar-refractivity contribution in [3.63, 3.8) is 0 Å². The zero-order valence-corrected chi connectivity index (χ0v) is 13.7. The third-order valence-corrected chi connectivity index (χ3v) is 5.08. The third kappa shape index (κ3) is 3.41. The van der Waals surface area contributed by atoms with Crippen molar-refractivity contribution in [1.82, 2.24) is 9.80 Å². The van der Waals surface area contributed by atoms with Crippen molar-refractivity contribution in [3.8, 4) is 0 Å². The number of amides is 1. The monoisotopic (exact) mass is 294 g/mol. The van der Waals surface area contributed by atoms with Crippen molar-refractivity contribution >= 4 is 17.2 Å². The summed E-state index contributed by atoms with van der Waals surface area (Å²) in [5.41, 5.74) is 1.42. The Morgan fingerprint density at radius 3 is 2.75 bits per heavy atom. The van der Waals surface area contributed by atoms with Crippen LogP contribution in [-0.2, 0) is 11.2 Å². The predicted molar refractivity (Wildman–Crippen MR) is 85.2 cm³/mol. The molecule has 1 amide bonds. The van der Waals surface area contributed by atoms with Crippen LogP contribution in [0.2, 0.25) is 0 Å². The van der Waals surface area contributed by atoms with Crippen molar-refractivity contribution in [2.45, 2.75) is 46.1 Å². The van der Waals surface area contributed by atoms with E-state index in [1.54, 1.807) is 0 Å². The van der Waals surface area contributed by atoms with Gasteiger partial charge < -0.3 is 4.90 Å². The molecule has 0 spiro atoms. The van der Waals surface area contributed by atoms with Gasteiger partial charge >= 0.3 is 0 Å². The van der Waals surface area contributed by atoms with Gasteiger partial charge in [0, 0.05) is 30.6 Å². The van der Waals surface area contributed by atoms with Gasteiger partial charge in [0.1, 0.15) is 0 Å². The fourth-order valence-electron chi connectivity index (χ4n) is 2.95. The summed E-state index contributed by atoms with van der Waals surface area (Å²) in [4.78, 5) is 18.3. The normalized spacial score (nSPS) is 18.9. The van der Waals surface area contributed by atoms with E-state index in [0.29, 0.717) is 18.5 Å². The molecule has 0 aromatic carbocycles. The summed E-state index contributed by atoms with van der Waals surface area (Å²) in [6.07, 6.45) is 3.16. The maximum absolute atomic E-state index is 12.5. The van der Waals surface area contributed by atoms with Crippen LogP contribution in [-0.4, -0.2) is 41.9 Å². The molecule has 1 aromatic heterocycles. The molecule has 1 aliphatic heterocycles. The van der Waals surface area contributed by atoms with E-state index in [1.165, 1.54) is 10.4 Å². The van der Waals surface area contributed by atoms with Crippen LogP contribution in [0, 0.1) is 0 Å². The molecule has 20 heavy (non-hydrogen) atoms. The Morgan fingerprint density at radius 2 is 2.10 bits per heavy atom. The second-order valence-electron chi connectivity index (χ2n) is 5.58. The quantitative estimate of drug-likeness (QED) is 0.803. The van der Waals surface area contributed by atoms with Gasteiger partial charge in [-0.3, -0.25) is 9.69 Å². The van der Waals surface area contributed by atoms with Crippen molar-refractivity contribution in [3.05, 3.63) is 21.9 Å². The summed E-state index contributed by atoms with van der Waals surface area (Å²) in [5, 5.41) is 2.17. The summed E-state index contributed by atoms with van der Waals surface area (Å²) >= 11 is 1.85. The smallest absolute Gasteiger partial charge is 0.236 e. The van der Waals surface area contributed by atoms with Gasteiger partial charge in [-0.2, -0.15) is 0 Å². The van der Waals surface area contributed by atoms with Crippen LogP contribution in [0.15, 0.2) is 11.4 Å². The summed E-state index contributed by atoms with van der Waals surface area (Å²) in [5.74, 6) is 0.291. The van der Waals surface area contributed by atoms with Crippen LogP contribution in [0.1, 0.15) is 50.1 Å². The van der Waals surface area contributed by atoms with Crippen LogP contribution < -0.4 is 0 Å². The average Bonchev–Trinajstić information content (AvgIpc) is 2.91. The van der Waals surface area contributed by atoms with Crippen LogP contribution >= 0.6 is 11.3 Å². The Balaban J connectivity index is 1.97. The van der Waals surface area contributed by atoms with Gasteiger partial charge in [-0.15, -0.1) is 11.3 Å². The summed E-state index contributed by atoms with van der Waals surface area (Å²) in [6, 6.07) is 2.59. The lowest BCUT2D eigenvalue weighted by molar-refractivity contribution is -0.133. The molecule has 1 aliphatic rings. The lowest BCUT2D eigenvalue weighted by Crippen LogP contribution is -2.44. The molecule has 1 atom stereocenters. The largest absolute Gasteiger partial charge is 0.342 e. The molecular weight excluding hydrogens is 268 g/mol. The number of hydrogen-bond acceptors (Lipinski definition) is 3. The number of carbonyl (C=O) groups is 1. The first-order valence-electron chi connectivity index (χ1n) is 7.75. The standard InChI is InChI=1S/C16H26N2OS/c1-4-8-17(9-5-2)16(19)12-18-10-6-15-14(13(18)3)7-11-20-15/h7,11,13H,4-6,8-10,12H2,1-3H3. The molecule has 0 saturated heterocycles. The lowest BCUT2D eigenvalue weighted by atomic mass is 10.0. The first-order valence-corrected chi connectivity index (χ1v) is 8.63. The highest BCUT2D eigenvalue weighted by Gasteiger charge is 2.27. The topological polar surface area (TPSA) is 23.6 Å². The number of carbonyl (C=O) groups excluding carboxylic acids is 1. The molecule has 0 bridgehead atoms. The van der Waals surface area contributed by atoms with E-state index in [1.807, 2.05) is 16.2 Å². The molecule has 0 saturated carbocycles. The fourth-order valence-corrected chi connectivity index (χ4v) is 3.91. The average molecular weight is 294 g/mol. The summed E-state index contributed by atoms with van der Waals surface area (Å²) in [6.45, 7) is 9.84. The lowest BCUT2D eigenvalue weighted by Gasteiger charge is -2.34. The van der Waals surface area contributed by atoms with Crippen molar-refractivity contribution in [1.29, 1.82) is 0 Å². The van der Waals surface area contributed by atoms with E-state index >= 15 is 0 Å². The molecule has 0 N–H and O–H groups in total. The van der Waals surface area contributed by atoms with Crippen LogP contribution in [0.5, 0.6) is 0 Å². The Morgan fingerprint density at radius 1 is 1.40 bits per heavy atom. The van der Waals surface area contributed by atoms with E-state index in [9.17, 15) is 4.79 Å². The van der Waals surface area contributed by atoms with Crippen molar-refractivity contribution < 1.29 is 4.79 Å². The number of thiophene rings is 1. The second kappa shape index (κ2) is 7.23. The SMILES string of the molecule is CCCN(CCC)C(=O)CN1CCc2sccc2C1C. The molecule has 112 valence electrons. The van der Waals surface area contributed by atoms with Gasteiger partial charge in [0.05, 0.1) is 6.54 Å². The van der Waals surface area contributed by atoms with Gasteiger partial charge in [-0.1, -0.05) is 13.8 Å². The van der Waals surface area contributed by atoms with Crippen molar-refractivity contribution in [2.24, 2.45) is 0 Å². The van der Waals surface area contributed by atoms with Gasteiger partial charge in [0.15, 0.2) is 0 Å². The van der Waals surface area contributed by atoms with E-state index < -0.39 is 0 Å². The van der Waals surface area contributed by atoms with Gasteiger partial charge in [0.2, 0.25) is 5.91 Å². The molecule has 0 fully saturated rings. The van der Waals surface area contributed by atoms with E-state index in [0.717, 1.165) is 38.9 Å². The maximum Gasteiger partial charge on any atom is 0.236 e. The molecule has 2 rings (SSSR count). The highest BCUT2D eigenvalue weighted by Crippen LogP contribution is 2.32. The van der Waals surface area contributed by atoms with Crippen LogP contribution in [0.3, 0.4) is 0 Å². The molecule has 4 heteroatoms. The summed E-state index contributed by atoms with van der Waals surface area (Å²) in [7, 11) is 0. The van der Waals surface area contributed by atoms with E-state index in [2.05, 4.69) is 37.1 Å². The highest BCUT2D eigenvalue weighted by atomic mass is 32.1. The van der Waals surface area contributed by atoms with Gasteiger partial charge in [0.25, 0.3) is 0 Å². The summed E-state index contributed by atoms with van der Waals surface area (Å²) < 4.78 is 0. The zero-order chi connectivity index (χ0) is 14.5. The molecule has 1 aromatic rings. The Hall–Kier alpha value is -0.870. The van der Waals surface area contributed by atoms with Crippen molar-refractivity contribution in [2.75, 3.05) is 26.2 Å². The Bertz CT molecular complexity index is 437. The van der Waals surface area contributed by atoms with Crippen LogP contribution in [0.4, 0.5) is 0 Å². The predicted octanol–water partition coefficient (Wildman–Crippen LogP) is 3.32. The first kappa shape index (κ1) is 15.5. The number of nitrogens with zero attached hydrogens (tertiary/aromatic N) is 2. The Labute approximate surface area is 126 Å². The maximum atomic E-state index is 12.5. The Kier molecular flexibility index (Phi) is 5.61. The molecule has 0 aliphatic carbocycles. The number of fused-ring (bicyclic) bond motifs is 1. The number of hydrogen-bond donors (Lipinski definition) is 0.